The lowest BCUT2D eigenvalue weighted by Gasteiger charge is -1.95. The van der Waals surface area contributed by atoms with Crippen LogP contribution in [0.1, 0.15) is 32.6 Å². The van der Waals surface area contributed by atoms with E-state index >= 15 is 0 Å². The quantitative estimate of drug-likeness (QED) is 0.611. The third-order valence-corrected chi connectivity index (χ3v) is 2.73. The summed E-state index contributed by atoms with van der Waals surface area (Å²) < 4.78 is 21.5. The van der Waals surface area contributed by atoms with Crippen molar-refractivity contribution in [2.24, 2.45) is 0 Å². The Morgan fingerprint density at radius 3 is 2.50 bits per heavy atom. The summed E-state index contributed by atoms with van der Waals surface area (Å²) in [4.78, 5) is 11.1. The van der Waals surface area contributed by atoms with E-state index in [9.17, 15) is 13.2 Å². The van der Waals surface area contributed by atoms with Gasteiger partial charge in [0.1, 0.15) is 9.84 Å². The van der Waals surface area contributed by atoms with Crippen LogP contribution in [-0.4, -0.2) is 26.2 Å². The van der Waals surface area contributed by atoms with Gasteiger partial charge in [-0.1, -0.05) is 19.4 Å². The summed E-state index contributed by atoms with van der Waals surface area (Å²) in [7, 11) is -2.92. The summed E-state index contributed by atoms with van der Waals surface area (Å²) in [6, 6.07) is 0. The molecule has 0 fully saturated rings. The van der Waals surface area contributed by atoms with Gasteiger partial charge in [0.15, 0.2) is 5.78 Å². The van der Waals surface area contributed by atoms with Crippen LogP contribution >= 0.6 is 0 Å². The van der Waals surface area contributed by atoms with Crippen LogP contribution in [0.2, 0.25) is 0 Å². The molecule has 0 aliphatic carbocycles. The maximum Gasteiger partial charge on any atom is 0.155 e. The molecule has 0 radical (unpaired) electrons. The molecule has 0 rings (SSSR count). The van der Waals surface area contributed by atoms with Gasteiger partial charge in [-0.25, -0.2) is 8.42 Å². The first-order valence-electron chi connectivity index (χ1n) is 4.83. The second-order valence-corrected chi connectivity index (χ2v) is 5.65. The SMILES string of the molecule is CCC/C=C/C(=O)CCCS(C)(=O)=O. The standard InChI is InChI=1S/C10H18O3S/c1-3-4-5-7-10(11)8-6-9-14(2,12)13/h5,7H,3-4,6,8-9H2,1-2H3/b7-5+. The molecule has 0 saturated carbocycles. The van der Waals surface area contributed by atoms with Crippen LogP contribution in [0.4, 0.5) is 0 Å². The zero-order valence-electron chi connectivity index (χ0n) is 8.82. The van der Waals surface area contributed by atoms with Crippen molar-refractivity contribution >= 4 is 15.6 Å². The molecule has 82 valence electrons. The first kappa shape index (κ1) is 13.4. The predicted molar refractivity (Wildman–Crippen MR) is 58.0 cm³/mol. The van der Waals surface area contributed by atoms with Gasteiger partial charge in [0.2, 0.25) is 0 Å². The van der Waals surface area contributed by atoms with Gasteiger partial charge in [-0.05, 0) is 18.9 Å². The van der Waals surface area contributed by atoms with Crippen molar-refractivity contribution < 1.29 is 13.2 Å². The predicted octanol–water partition coefficient (Wildman–Crippen LogP) is 1.74. The van der Waals surface area contributed by atoms with Crippen LogP contribution in [0, 0.1) is 0 Å². The summed E-state index contributed by atoms with van der Waals surface area (Å²) in [6.07, 6.45) is 7.24. The number of sulfone groups is 1. The van der Waals surface area contributed by atoms with Crippen molar-refractivity contribution in [1.82, 2.24) is 0 Å². The van der Waals surface area contributed by atoms with Gasteiger partial charge < -0.3 is 0 Å². The normalized spacial score (nSPS) is 12.1. The van der Waals surface area contributed by atoms with E-state index in [4.69, 9.17) is 0 Å². The minimum atomic E-state index is -2.92. The number of unbranched alkanes of at least 4 members (excludes halogenated alkanes) is 1. The number of carbonyl (C=O) groups is 1. The minimum absolute atomic E-state index is 0.0158. The number of hydrogen-bond donors (Lipinski definition) is 0. The molecule has 14 heavy (non-hydrogen) atoms. The largest absolute Gasteiger partial charge is 0.295 e. The molecule has 0 N–H and O–H groups in total. The van der Waals surface area contributed by atoms with Crippen LogP contribution < -0.4 is 0 Å². The fraction of sp³-hybridized carbons (Fsp3) is 0.700. The summed E-state index contributed by atoms with van der Waals surface area (Å²) >= 11 is 0. The van der Waals surface area contributed by atoms with Crippen LogP contribution in [-0.2, 0) is 14.6 Å². The smallest absolute Gasteiger partial charge is 0.155 e. The molecule has 3 nitrogen and oxygen atoms in total. The minimum Gasteiger partial charge on any atom is -0.295 e. The molecular formula is C10H18O3S. The third-order valence-electron chi connectivity index (χ3n) is 1.70. The monoisotopic (exact) mass is 218 g/mol. The fourth-order valence-corrected chi connectivity index (χ4v) is 1.64. The summed E-state index contributed by atoms with van der Waals surface area (Å²) in [6.45, 7) is 2.04. The Morgan fingerprint density at radius 2 is 2.00 bits per heavy atom. The van der Waals surface area contributed by atoms with Crippen molar-refractivity contribution in [3.8, 4) is 0 Å². The zero-order valence-corrected chi connectivity index (χ0v) is 9.64. The third kappa shape index (κ3) is 9.45. The van der Waals surface area contributed by atoms with Crippen LogP contribution in [0.3, 0.4) is 0 Å². The number of rotatable bonds is 7. The zero-order chi connectivity index (χ0) is 11.0. The van der Waals surface area contributed by atoms with Crippen molar-refractivity contribution in [1.29, 1.82) is 0 Å². The Morgan fingerprint density at radius 1 is 1.36 bits per heavy atom. The highest BCUT2D eigenvalue weighted by Gasteiger charge is 2.03. The van der Waals surface area contributed by atoms with E-state index in [0.717, 1.165) is 12.8 Å². The Hall–Kier alpha value is -0.640. The van der Waals surface area contributed by atoms with Crippen molar-refractivity contribution in [2.45, 2.75) is 32.6 Å². The van der Waals surface area contributed by atoms with Gasteiger partial charge >= 0.3 is 0 Å². The molecule has 0 aromatic rings. The van der Waals surface area contributed by atoms with Crippen molar-refractivity contribution in [3.63, 3.8) is 0 Å². The Balaban J connectivity index is 3.65. The highest BCUT2D eigenvalue weighted by atomic mass is 32.2. The van der Waals surface area contributed by atoms with Gasteiger partial charge in [-0.3, -0.25) is 4.79 Å². The lowest BCUT2D eigenvalue weighted by atomic mass is 10.2. The van der Waals surface area contributed by atoms with Gasteiger partial charge in [-0.15, -0.1) is 0 Å². The molecule has 0 aliphatic heterocycles. The van der Waals surface area contributed by atoms with Crippen molar-refractivity contribution in [2.75, 3.05) is 12.0 Å². The second kappa shape index (κ2) is 6.76. The summed E-state index contributed by atoms with van der Waals surface area (Å²) in [5, 5.41) is 0. The van der Waals surface area contributed by atoms with E-state index < -0.39 is 9.84 Å². The van der Waals surface area contributed by atoms with Gasteiger partial charge in [0, 0.05) is 12.7 Å². The first-order valence-corrected chi connectivity index (χ1v) is 6.89. The topological polar surface area (TPSA) is 51.2 Å². The highest BCUT2D eigenvalue weighted by Crippen LogP contribution is 1.98. The lowest BCUT2D eigenvalue weighted by molar-refractivity contribution is -0.114. The average molecular weight is 218 g/mol. The summed E-state index contributed by atoms with van der Waals surface area (Å²) in [5.74, 6) is 0.113. The van der Waals surface area contributed by atoms with Crippen LogP contribution in [0.15, 0.2) is 12.2 Å². The first-order chi connectivity index (χ1) is 6.45. The number of carbonyl (C=O) groups excluding carboxylic acids is 1. The lowest BCUT2D eigenvalue weighted by Crippen LogP contribution is -2.04. The van der Waals surface area contributed by atoms with E-state index in [2.05, 4.69) is 0 Å². The van der Waals surface area contributed by atoms with E-state index in [1.54, 1.807) is 6.08 Å². The maximum absolute atomic E-state index is 11.1. The second-order valence-electron chi connectivity index (χ2n) is 3.39. The van der Waals surface area contributed by atoms with E-state index in [-0.39, 0.29) is 11.5 Å². The molecular weight excluding hydrogens is 200 g/mol. The Bertz CT molecular complexity index is 288. The Labute approximate surface area is 86.1 Å². The molecule has 0 spiro atoms. The highest BCUT2D eigenvalue weighted by molar-refractivity contribution is 7.90. The van der Waals surface area contributed by atoms with Crippen LogP contribution in [0.25, 0.3) is 0 Å². The molecule has 0 unspecified atom stereocenters. The molecule has 0 amide bonds. The van der Waals surface area contributed by atoms with Crippen molar-refractivity contribution in [3.05, 3.63) is 12.2 Å². The average Bonchev–Trinajstić information content (AvgIpc) is 2.02. The molecule has 0 saturated heterocycles. The van der Waals surface area contributed by atoms with Gasteiger partial charge in [0.25, 0.3) is 0 Å². The molecule has 0 aromatic carbocycles. The van der Waals surface area contributed by atoms with E-state index in [1.165, 1.54) is 6.26 Å². The molecule has 0 aliphatic rings. The molecule has 0 aromatic heterocycles. The number of hydrogen-bond acceptors (Lipinski definition) is 3. The van der Waals surface area contributed by atoms with E-state index in [0.29, 0.717) is 12.8 Å². The molecule has 0 bridgehead atoms. The van der Waals surface area contributed by atoms with E-state index in [1.807, 2.05) is 13.0 Å². The molecule has 0 heterocycles. The van der Waals surface area contributed by atoms with Gasteiger partial charge in [0.05, 0.1) is 5.75 Å². The molecule has 0 atom stereocenters. The maximum atomic E-state index is 11.1. The van der Waals surface area contributed by atoms with Crippen LogP contribution in [0.5, 0.6) is 0 Å². The summed E-state index contributed by atoms with van der Waals surface area (Å²) in [5.41, 5.74) is 0. The molecule has 4 heteroatoms. The Kier molecular flexibility index (Phi) is 6.45. The number of allylic oxidation sites excluding steroid dienone is 2. The fourth-order valence-electron chi connectivity index (χ4n) is 0.973. The van der Waals surface area contributed by atoms with Gasteiger partial charge in [-0.2, -0.15) is 0 Å². The number of ketones is 1.